The number of carbonyl (C=O) groups is 1. The topological polar surface area (TPSA) is 55.3 Å². The highest BCUT2D eigenvalue weighted by atomic mass is 16.5. The molecule has 0 bridgehead atoms. The molecule has 0 spiro atoms. The Morgan fingerprint density at radius 3 is 2.50 bits per heavy atom. The summed E-state index contributed by atoms with van der Waals surface area (Å²) in [7, 11) is 0. The van der Waals surface area contributed by atoms with Crippen LogP contribution in [0.2, 0.25) is 0 Å². The molecule has 0 atom stereocenters. The maximum Gasteiger partial charge on any atom is 0.274 e. The van der Waals surface area contributed by atoms with E-state index in [0.29, 0.717) is 18.8 Å². The molecule has 0 saturated carbocycles. The Morgan fingerprint density at radius 2 is 1.86 bits per heavy atom. The number of ether oxygens (including phenoxy) is 1. The maximum absolute atomic E-state index is 12.4. The third-order valence-electron chi connectivity index (χ3n) is 3.78. The molecule has 1 fully saturated rings. The number of piperidine rings is 1. The van der Waals surface area contributed by atoms with Crippen molar-refractivity contribution in [1.82, 2.24) is 14.9 Å². The fourth-order valence-corrected chi connectivity index (χ4v) is 2.53. The number of nitrogens with zero attached hydrogens (tertiary/aromatic N) is 3. The first-order valence-corrected chi connectivity index (χ1v) is 7.52. The number of amides is 1. The summed E-state index contributed by atoms with van der Waals surface area (Å²) >= 11 is 0. The van der Waals surface area contributed by atoms with E-state index < -0.39 is 0 Å². The van der Waals surface area contributed by atoms with E-state index >= 15 is 0 Å². The van der Waals surface area contributed by atoms with Gasteiger partial charge in [-0.15, -0.1) is 0 Å². The highest BCUT2D eigenvalue weighted by Crippen LogP contribution is 2.19. The highest BCUT2D eigenvalue weighted by molar-refractivity contribution is 5.92. The fraction of sp³-hybridized carbons (Fsp3) is 0.353. The molecule has 1 saturated heterocycles. The van der Waals surface area contributed by atoms with Gasteiger partial charge in [0.05, 0.1) is 11.9 Å². The molecule has 3 rings (SSSR count). The van der Waals surface area contributed by atoms with Crippen LogP contribution in [0.1, 0.15) is 29.0 Å². The number of aromatic nitrogens is 2. The van der Waals surface area contributed by atoms with Crippen LogP contribution in [0.3, 0.4) is 0 Å². The number of hydrogen-bond donors (Lipinski definition) is 0. The van der Waals surface area contributed by atoms with Crippen molar-refractivity contribution in [2.75, 3.05) is 13.1 Å². The first kappa shape index (κ1) is 14.5. The number of aryl methyl sites for hydroxylation is 1. The average molecular weight is 297 g/mol. The van der Waals surface area contributed by atoms with Crippen molar-refractivity contribution in [1.29, 1.82) is 0 Å². The average Bonchev–Trinajstić information content (AvgIpc) is 2.57. The minimum Gasteiger partial charge on any atom is -0.490 e. The number of rotatable bonds is 3. The van der Waals surface area contributed by atoms with Gasteiger partial charge in [0.25, 0.3) is 5.91 Å². The van der Waals surface area contributed by atoms with Crippen LogP contribution in [-0.2, 0) is 0 Å². The van der Waals surface area contributed by atoms with Crippen LogP contribution >= 0.6 is 0 Å². The lowest BCUT2D eigenvalue weighted by atomic mass is 10.1. The molecular weight excluding hydrogens is 278 g/mol. The van der Waals surface area contributed by atoms with Crippen molar-refractivity contribution < 1.29 is 9.53 Å². The van der Waals surface area contributed by atoms with Gasteiger partial charge in [-0.05, 0) is 19.1 Å². The van der Waals surface area contributed by atoms with Crippen LogP contribution in [0.15, 0.2) is 42.7 Å². The molecule has 22 heavy (non-hydrogen) atoms. The van der Waals surface area contributed by atoms with Crippen LogP contribution in [0.4, 0.5) is 0 Å². The molecular formula is C17H19N3O2. The van der Waals surface area contributed by atoms with Gasteiger partial charge in [0.15, 0.2) is 0 Å². The molecule has 1 aliphatic heterocycles. The minimum atomic E-state index is -0.0503. The smallest absolute Gasteiger partial charge is 0.274 e. The van der Waals surface area contributed by atoms with Gasteiger partial charge >= 0.3 is 0 Å². The van der Waals surface area contributed by atoms with Crippen LogP contribution < -0.4 is 4.74 Å². The Bertz CT molecular complexity index is 620. The van der Waals surface area contributed by atoms with E-state index in [4.69, 9.17) is 4.74 Å². The monoisotopic (exact) mass is 297 g/mol. The van der Waals surface area contributed by atoms with Gasteiger partial charge < -0.3 is 9.64 Å². The lowest BCUT2D eigenvalue weighted by Crippen LogP contribution is -2.42. The largest absolute Gasteiger partial charge is 0.490 e. The zero-order valence-electron chi connectivity index (χ0n) is 12.6. The molecule has 2 heterocycles. The van der Waals surface area contributed by atoms with E-state index in [0.717, 1.165) is 24.3 Å². The summed E-state index contributed by atoms with van der Waals surface area (Å²) in [4.78, 5) is 22.5. The van der Waals surface area contributed by atoms with Crippen LogP contribution in [-0.4, -0.2) is 40.0 Å². The van der Waals surface area contributed by atoms with E-state index in [-0.39, 0.29) is 12.0 Å². The van der Waals surface area contributed by atoms with Gasteiger partial charge in [-0.25, -0.2) is 4.98 Å². The number of hydrogen-bond acceptors (Lipinski definition) is 4. The number of para-hydroxylation sites is 1. The molecule has 1 amide bonds. The van der Waals surface area contributed by atoms with Crippen molar-refractivity contribution in [3.05, 3.63) is 54.1 Å². The molecule has 0 unspecified atom stereocenters. The van der Waals surface area contributed by atoms with E-state index in [1.54, 1.807) is 12.4 Å². The first-order valence-electron chi connectivity index (χ1n) is 7.52. The van der Waals surface area contributed by atoms with E-state index in [1.807, 2.05) is 42.2 Å². The van der Waals surface area contributed by atoms with Crippen molar-refractivity contribution in [2.45, 2.75) is 25.9 Å². The molecule has 1 aromatic heterocycles. The third kappa shape index (κ3) is 3.42. The van der Waals surface area contributed by atoms with Crippen molar-refractivity contribution in [3.8, 4) is 5.75 Å². The summed E-state index contributed by atoms with van der Waals surface area (Å²) in [5.74, 6) is 0.835. The Hall–Kier alpha value is -2.43. The molecule has 1 aliphatic rings. The molecule has 2 aromatic rings. The summed E-state index contributed by atoms with van der Waals surface area (Å²) < 4.78 is 5.94. The van der Waals surface area contributed by atoms with Gasteiger partial charge in [0, 0.05) is 32.1 Å². The lowest BCUT2D eigenvalue weighted by molar-refractivity contribution is 0.0589. The quantitative estimate of drug-likeness (QED) is 0.873. The summed E-state index contributed by atoms with van der Waals surface area (Å²) in [6, 6.07) is 9.81. The SMILES string of the molecule is Cc1cnc(C(=O)N2CCC(Oc3ccccc3)CC2)cn1. The standard InChI is InChI=1S/C17H19N3O2/c1-13-11-19-16(12-18-13)17(21)20-9-7-15(8-10-20)22-14-5-3-2-4-6-14/h2-6,11-12,15H,7-10H2,1H3. The van der Waals surface area contributed by atoms with E-state index in [1.165, 1.54) is 0 Å². The summed E-state index contributed by atoms with van der Waals surface area (Å²) in [5.41, 5.74) is 1.22. The summed E-state index contributed by atoms with van der Waals surface area (Å²) in [6.07, 6.45) is 5.00. The van der Waals surface area contributed by atoms with Gasteiger partial charge in [-0.3, -0.25) is 9.78 Å². The number of likely N-dealkylation sites (tertiary alicyclic amines) is 1. The normalized spacial score (nSPS) is 15.6. The predicted octanol–water partition coefficient (Wildman–Crippen LogP) is 2.47. The van der Waals surface area contributed by atoms with Crippen LogP contribution in [0, 0.1) is 6.92 Å². The lowest BCUT2D eigenvalue weighted by Gasteiger charge is -2.32. The molecule has 114 valence electrons. The highest BCUT2D eigenvalue weighted by Gasteiger charge is 2.25. The Labute approximate surface area is 130 Å². The summed E-state index contributed by atoms with van der Waals surface area (Å²) in [6.45, 7) is 3.23. The Morgan fingerprint density at radius 1 is 1.14 bits per heavy atom. The maximum atomic E-state index is 12.4. The second kappa shape index (κ2) is 6.56. The number of benzene rings is 1. The second-order valence-electron chi connectivity index (χ2n) is 5.47. The molecule has 0 aliphatic carbocycles. The minimum absolute atomic E-state index is 0.0503. The van der Waals surface area contributed by atoms with Crippen LogP contribution in [0.5, 0.6) is 5.75 Å². The molecule has 0 N–H and O–H groups in total. The Balaban J connectivity index is 1.55. The van der Waals surface area contributed by atoms with Gasteiger partial charge in [0.2, 0.25) is 0 Å². The Kier molecular flexibility index (Phi) is 4.32. The summed E-state index contributed by atoms with van der Waals surface area (Å²) in [5, 5.41) is 0. The molecule has 5 nitrogen and oxygen atoms in total. The van der Waals surface area contributed by atoms with Gasteiger partial charge in [-0.1, -0.05) is 18.2 Å². The molecule has 5 heteroatoms. The predicted molar refractivity (Wildman–Crippen MR) is 82.8 cm³/mol. The van der Waals surface area contributed by atoms with E-state index in [9.17, 15) is 4.79 Å². The number of carbonyl (C=O) groups excluding carboxylic acids is 1. The zero-order chi connectivity index (χ0) is 15.4. The van der Waals surface area contributed by atoms with Crippen molar-refractivity contribution >= 4 is 5.91 Å². The third-order valence-corrected chi connectivity index (χ3v) is 3.78. The first-order chi connectivity index (χ1) is 10.7. The second-order valence-corrected chi connectivity index (χ2v) is 5.47. The van der Waals surface area contributed by atoms with Gasteiger partial charge in [-0.2, -0.15) is 0 Å². The zero-order valence-corrected chi connectivity index (χ0v) is 12.6. The fourth-order valence-electron chi connectivity index (χ4n) is 2.53. The van der Waals surface area contributed by atoms with Crippen LogP contribution in [0.25, 0.3) is 0 Å². The van der Waals surface area contributed by atoms with Crippen molar-refractivity contribution in [2.24, 2.45) is 0 Å². The molecule has 1 aromatic carbocycles. The van der Waals surface area contributed by atoms with Crippen molar-refractivity contribution in [3.63, 3.8) is 0 Å². The van der Waals surface area contributed by atoms with E-state index in [2.05, 4.69) is 9.97 Å². The molecule has 0 radical (unpaired) electrons. The van der Waals surface area contributed by atoms with Gasteiger partial charge in [0.1, 0.15) is 17.5 Å².